The van der Waals surface area contributed by atoms with Gasteiger partial charge in [-0.1, -0.05) is 36.4 Å². The van der Waals surface area contributed by atoms with Gasteiger partial charge in [-0.15, -0.1) is 0 Å². The van der Waals surface area contributed by atoms with Crippen LogP contribution in [0.1, 0.15) is 10.4 Å². The number of hydrogen-bond donors (Lipinski definition) is 1. The second-order valence-corrected chi connectivity index (χ2v) is 5.45. The molecule has 0 bridgehead atoms. The van der Waals surface area contributed by atoms with Crippen LogP contribution in [0.15, 0.2) is 47.4 Å². The van der Waals surface area contributed by atoms with Crippen molar-refractivity contribution in [2.24, 2.45) is 0 Å². The van der Waals surface area contributed by atoms with Gasteiger partial charge in [-0.2, -0.15) is 8.42 Å². The fourth-order valence-corrected chi connectivity index (χ4v) is 2.88. The van der Waals surface area contributed by atoms with E-state index in [0.29, 0.717) is 5.56 Å². The maximum atomic E-state index is 11.6. The van der Waals surface area contributed by atoms with E-state index in [1.807, 2.05) is 0 Å². The molecule has 2 aromatic carbocycles. The second-order valence-electron chi connectivity index (χ2n) is 4.10. The van der Waals surface area contributed by atoms with Crippen molar-refractivity contribution in [1.82, 2.24) is 0 Å². The van der Waals surface area contributed by atoms with Gasteiger partial charge in [0.1, 0.15) is 0 Å². The number of benzene rings is 2. The second kappa shape index (κ2) is 5.43. The topological polar surface area (TPSA) is 115 Å². The Hall–Kier alpha value is -2.58. The Kier molecular flexibility index (Phi) is 3.83. The van der Waals surface area contributed by atoms with Gasteiger partial charge in [0, 0.05) is 5.56 Å². The summed E-state index contributed by atoms with van der Waals surface area (Å²) in [5, 5.41) is 11.1. The van der Waals surface area contributed by atoms with E-state index in [0.717, 1.165) is 6.07 Å². The lowest BCUT2D eigenvalue weighted by atomic mass is 10.0. The van der Waals surface area contributed by atoms with Gasteiger partial charge in [-0.25, -0.2) is 0 Å². The number of rotatable bonds is 4. The van der Waals surface area contributed by atoms with Crippen LogP contribution in [0.3, 0.4) is 0 Å². The largest absolute Gasteiger partial charge is 0.302 e. The van der Waals surface area contributed by atoms with Crippen LogP contribution < -0.4 is 0 Å². The average Bonchev–Trinajstić information content (AvgIpc) is 2.45. The van der Waals surface area contributed by atoms with Gasteiger partial charge in [-0.05, 0) is 11.6 Å². The van der Waals surface area contributed by atoms with Crippen molar-refractivity contribution in [3.63, 3.8) is 0 Å². The first kappa shape index (κ1) is 14.8. The summed E-state index contributed by atoms with van der Waals surface area (Å²) in [4.78, 5) is 20.1. The quantitative estimate of drug-likeness (QED) is 0.401. The molecule has 0 spiro atoms. The molecule has 0 aliphatic carbocycles. The highest BCUT2D eigenvalue weighted by Gasteiger charge is 2.31. The lowest BCUT2D eigenvalue weighted by Crippen LogP contribution is -2.08. The molecule has 1 N–H and O–H groups in total. The third kappa shape index (κ3) is 2.81. The van der Waals surface area contributed by atoms with Gasteiger partial charge in [0.05, 0.1) is 10.5 Å². The smallest absolute Gasteiger partial charge is 0.298 e. The molecule has 21 heavy (non-hydrogen) atoms. The fourth-order valence-electron chi connectivity index (χ4n) is 1.98. The molecule has 7 nitrogen and oxygen atoms in total. The highest BCUT2D eigenvalue weighted by molar-refractivity contribution is 7.86. The lowest BCUT2D eigenvalue weighted by molar-refractivity contribution is -0.388. The molecule has 0 fully saturated rings. The van der Waals surface area contributed by atoms with Crippen LogP contribution >= 0.6 is 0 Å². The van der Waals surface area contributed by atoms with Gasteiger partial charge < -0.3 is 0 Å². The Balaban J connectivity index is 2.95. The highest BCUT2D eigenvalue weighted by Crippen LogP contribution is 2.36. The number of nitro benzene ring substituents is 1. The zero-order valence-electron chi connectivity index (χ0n) is 10.5. The number of nitrogens with zero attached hydrogens (tertiary/aromatic N) is 1. The summed E-state index contributed by atoms with van der Waals surface area (Å²) < 4.78 is 32.4. The lowest BCUT2D eigenvalue weighted by Gasteiger charge is -2.09. The Labute approximate surface area is 119 Å². The van der Waals surface area contributed by atoms with E-state index in [2.05, 4.69) is 0 Å². The van der Waals surface area contributed by atoms with E-state index >= 15 is 0 Å². The predicted octanol–water partition coefficient (Wildman–Crippen LogP) is 2.32. The molecule has 0 aliphatic heterocycles. The average molecular weight is 307 g/mol. The molecule has 0 saturated heterocycles. The first-order valence-electron chi connectivity index (χ1n) is 5.65. The fraction of sp³-hybridized carbons (Fsp3) is 0. The molecule has 2 rings (SSSR count). The van der Waals surface area contributed by atoms with Crippen LogP contribution in [0.5, 0.6) is 0 Å². The Morgan fingerprint density at radius 2 is 1.71 bits per heavy atom. The predicted molar refractivity (Wildman–Crippen MR) is 73.7 cm³/mol. The third-order valence-electron chi connectivity index (χ3n) is 2.81. The monoisotopic (exact) mass is 307 g/mol. The first-order valence-corrected chi connectivity index (χ1v) is 7.09. The van der Waals surface area contributed by atoms with Crippen LogP contribution in [0.25, 0.3) is 11.1 Å². The van der Waals surface area contributed by atoms with Gasteiger partial charge in [0.2, 0.25) is 0 Å². The van der Waals surface area contributed by atoms with E-state index in [9.17, 15) is 27.9 Å². The minimum atomic E-state index is -4.89. The van der Waals surface area contributed by atoms with Crippen molar-refractivity contribution in [3.05, 3.63) is 58.1 Å². The molecule has 0 radical (unpaired) electrons. The zero-order chi connectivity index (χ0) is 15.6. The summed E-state index contributed by atoms with van der Waals surface area (Å²) in [5.41, 5.74) is -1.04. The van der Waals surface area contributed by atoms with Gasteiger partial charge in [0.15, 0.2) is 11.2 Å². The summed E-state index contributed by atoms with van der Waals surface area (Å²) >= 11 is 0. The van der Waals surface area contributed by atoms with Crippen molar-refractivity contribution < 1.29 is 22.7 Å². The number of aldehydes is 1. The maximum absolute atomic E-state index is 11.6. The standard InChI is InChI=1S/C13H9NO6S/c15-8-10-6-7-11(9-4-2-1-3-5-9)13(21(18,19)20)12(10)14(16)17/h1-8H,(H,18,19,20). The summed E-state index contributed by atoms with van der Waals surface area (Å²) in [6, 6.07) is 10.4. The third-order valence-corrected chi connectivity index (χ3v) is 3.74. The molecule has 8 heteroatoms. The van der Waals surface area contributed by atoms with E-state index in [4.69, 9.17) is 0 Å². The van der Waals surface area contributed by atoms with Gasteiger partial charge >= 0.3 is 15.8 Å². The minimum Gasteiger partial charge on any atom is -0.298 e. The normalized spacial score (nSPS) is 11.1. The summed E-state index contributed by atoms with van der Waals surface area (Å²) in [6.07, 6.45) is 0.168. The van der Waals surface area contributed by atoms with E-state index in [1.165, 1.54) is 18.2 Å². The molecule has 0 amide bonds. The van der Waals surface area contributed by atoms with Crippen LogP contribution in [-0.4, -0.2) is 24.2 Å². The first-order chi connectivity index (χ1) is 9.86. The van der Waals surface area contributed by atoms with E-state index in [-0.39, 0.29) is 11.8 Å². The van der Waals surface area contributed by atoms with Crippen molar-refractivity contribution in [2.75, 3.05) is 0 Å². The van der Waals surface area contributed by atoms with Crippen molar-refractivity contribution >= 4 is 22.1 Å². The summed E-state index contributed by atoms with van der Waals surface area (Å²) in [7, 11) is -4.89. The Morgan fingerprint density at radius 1 is 1.10 bits per heavy atom. The molecule has 2 aromatic rings. The molecule has 0 aromatic heterocycles. The van der Waals surface area contributed by atoms with Crippen molar-refractivity contribution in [3.8, 4) is 11.1 Å². The number of carbonyl (C=O) groups is 1. The molecular formula is C13H9NO6S. The SMILES string of the molecule is O=Cc1ccc(-c2ccccc2)c(S(=O)(=O)O)c1[N+](=O)[O-]. The van der Waals surface area contributed by atoms with Crippen LogP contribution in [-0.2, 0) is 10.1 Å². The molecule has 0 saturated carbocycles. The minimum absolute atomic E-state index is 0.0459. The van der Waals surface area contributed by atoms with Crippen LogP contribution in [0.2, 0.25) is 0 Å². The van der Waals surface area contributed by atoms with Gasteiger partial charge in [-0.3, -0.25) is 19.5 Å². The molecular weight excluding hydrogens is 298 g/mol. The van der Waals surface area contributed by atoms with Crippen LogP contribution in [0.4, 0.5) is 5.69 Å². The molecule has 0 heterocycles. The van der Waals surface area contributed by atoms with Crippen molar-refractivity contribution in [2.45, 2.75) is 4.90 Å². The van der Waals surface area contributed by atoms with Crippen LogP contribution in [0, 0.1) is 10.1 Å². The number of nitro groups is 1. The van der Waals surface area contributed by atoms with Crippen molar-refractivity contribution in [1.29, 1.82) is 0 Å². The molecule has 108 valence electrons. The van der Waals surface area contributed by atoms with Gasteiger partial charge in [0.25, 0.3) is 0 Å². The number of carbonyl (C=O) groups excluding carboxylic acids is 1. The number of hydrogen-bond acceptors (Lipinski definition) is 5. The Morgan fingerprint density at radius 3 is 2.19 bits per heavy atom. The highest BCUT2D eigenvalue weighted by atomic mass is 32.2. The Bertz CT molecular complexity index is 814. The van der Waals surface area contributed by atoms with E-state index in [1.54, 1.807) is 18.2 Å². The molecule has 0 atom stereocenters. The summed E-state index contributed by atoms with van der Waals surface area (Å²) in [5.74, 6) is 0. The molecule has 0 unspecified atom stereocenters. The maximum Gasteiger partial charge on any atom is 0.302 e. The van der Waals surface area contributed by atoms with E-state index < -0.39 is 31.2 Å². The summed E-state index contributed by atoms with van der Waals surface area (Å²) in [6.45, 7) is 0. The molecule has 0 aliphatic rings. The zero-order valence-corrected chi connectivity index (χ0v) is 11.3.